The minimum atomic E-state index is 0.448. The molecule has 0 amide bonds. The summed E-state index contributed by atoms with van der Waals surface area (Å²) in [5, 5.41) is 8.93. The summed E-state index contributed by atoms with van der Waals surface area (Å²) in [5.74, 6) is 1.12. The number of aryl methyl sites for hydroxylation is 1. The second-order valence-electron chi connectivity index (χ2n) is 8.09. The van der Waals surface area contributed by atoms with E-state index in [0.717, 1.165) is 61.6 Å². The maximum absolute atomic E-state index is 5.74. The molecule has 0 radical (unpaired) electrons. The Morgan fingerprint density at radius 1 is 1.20 bits per heavy atom. The highest BCUT2D eigenvalue weighted by Gasteiger charge is 2.36. The van der Waals surface area contributed by atoms with Gasteiger partial charge in [-0.3, -0.25) is 9.58 Å². The third-order valence-corrected chi connectivity index (χ3v) is 6.26. The van der Waals surface area contributed by atoms with Crippen LogP contribution in [0.25, 0.3) is 11.0 Å². The molecule has 5 rings (SSSR count). The van der Waals surface area contributed by atoms with Crippen molar-refractivity contribution in [2.45, 2.75) is 38.8 Å². The zero-order chi connectivity index (χ0) is 20.7. The van der Waals surface area contributed by atoms with E-state index in [9.17, 15) is 0 Å². The van der Waals surface area contributed by atoms with Crippen LogP contribution in [0.3, 0.4) is 0 Å². The zero-order valence-electron chi connectivity index (χ0n) is 17.8. The Morgan fingerprint density at radius 3 is 2.77 bits per heavy atom. The van der Waals surface area contributed by atoms with Crippen molar-refractivity contribution in [3.05, 3.63) is 24.2 Å². The Kier molecular flexibility index (Phi) is 5.08. The van der Waals surface area contributed by atoms with Crippen LogP contribution in [0.1, 0.15) is 31.5 Å². The topological polar surface area (TPSA) is 82.3 Å². The van der Waals surface area contributed by atoms with Crippen molar-refractivity contribution in [2.24, 2.45) is 7.05 Å². The molecule has 1 aliphatic heterocycles. The summed E-state index contributed by atoms with van der Waals surface area (Å²) in [5.41, 5.74) is 2.88. The Labute approximate surface area is 176 Å². The van der Waals surface area contributed by atoms with Gasteiger partial charge in [-0.25, -0.2) is 0 Å². The normalized spacial score (nSPS) is 22.2. The first-order chi connectivity index (χ1) is 14.6. The van der Waals surface area contributed by atoms with Gasteiger partial charge >= 0.3 is 0 Å². The molecule has 0 bridgehead atoms. The van der Waals surface area contributed by atoms with Gasteiger partial charge in [0.2, 0.25) is 11.8 Å². The van der Waals surface area contributed by atoms with Gasteiger partial charge in [-0.05, 0) is 32.8 Å². The molecule has 4 heterocycles. The van der Waals surface area contributed by atoms with Gasteiger partial charge in [0.1, 0.15) is 5.65 Å². The molecule has 30 heavy (non-hydrogen) atoms. The molecule has 1 saturated heterocycles. The second kappa shape index (κ2) is 7.88. The van der Waals surface area contributed by atoms with E-state index in [0.29, 0.717) is 30.5 Å². The quantitative estimate of drug-likeness (QED) is 0.668. The molecule has 0 unspecified atom stereocenters. The molecule has 0 spiro atoms. The molecule has 1 N–H and O–H groups in total. The highest BCUT2D eigenvalue weighted by molar-refractivity contribution is 5.83. The van der Waals surface area contributed by atoms with Crippen LogP contribution in [-0.2, 0) is 11.8 Å². The van der Waals surface area contributed by atoms with Crippen molar-refractivity contribution >= 4 is 22.7 Å². The SMILES string of the molecule is CCOc1nc(Nc2cnn(C3CC(N4CCOCC4)C3)c2C)nc2c1ccn2C. The van der Waals surface area contributed by atoms with E-state index in [1.165, 1.54) is 0 Å². The van der Waals surface area contributed by atoms with E-state index in [1.807, 2.05) is 37.0 Å². The van der Waals surface area contributed by atoms with E-state index in [2.05, 4.69) is 36.9 Å². The van der Waals surface area contributed by atoms with E-state index < -0.39 is 0 Å². The summed E-state index contributed by atoms with van der Waals surface area (Å²) < 4.78 is 15.3. The predicted octanol–water partition coefficient (Wildman–Crippen LogP) is 2.65. The van der Waals surface area contributed by atoms with Crippen molar-refractivity contribution in [2.75, 3.05) is 38.2 Å². The van der Waals surface area contributed by atoms with Crippen LogP contribution in [0.5, 0.6) is 5.88 Å². The van der Waals surface area contributed by atoms with Crippen molar-refractivity contribution < 1.29 is 9.47 Å². The summed E-state index contributed by atoms with van der Waals surface area (Å²) in [7, 11) is 1.97. The molecule has 1 aliphatic carbocycles. The summed E-state index contributed by atoms with van der Waals surface area (Å²) in [6.07, 6.45) is 6.12. The van der Waals surface area contributed by atoms with Crippen molar-refractivity contribution in [1.82, 2.24) is 29.2 Å². The van der Waals surface area contributed by atoms with Crippen molar-refractivity contribution in [3.8, 4) is 5.88 Å². The molecule has 0 aromatic carbocycles. The van der Waals surface area contributed by atoms with E-state index in [4.69, 9.17) is 9.47 Å². The average Bonchev–Trinajstić information content (AvgIpc) is 3.26. The van der Waals surface area contributed by atoms with Crippen LogP contribution in [0.2, 0.25) is 0 Å². The minimum Gasteiger partial charge on any atom is -0.477 e. The van der Waals surface area contributed by atoms with Crippen molar-refractivity contribution in [3.63, 3.8) is 0 Å². The van der Waals surface area contributed by atoms with Gasteiger partial charge in [0.05, 0.1) is 48.8 Å². The number of ether oxygens (including phenoxy) is 2. The third-order valence-electron chi connectivity index (χ3n) is 6.26. The first-order valence-corrected chi connectivity index (χ1v) is 10.7. The van der Waals surface area contributed by atoms with Crippen LogP contribution in [-0.4, -0.2) is 68.2 Å². The lowest BCUT2D eigenvalue weighted by Gasteiger charge is -2.44. The first kappa shape index (κ1) is 19.3. The number of aromatic nitrogens is 5. The first-order valence-electron chi connectivity index (χ1n) is 10.7. The summed E-state index contributed by atoms with van der Waals surface area (Å²) >= 11 is 0. The molecule has 3 aromatic rings. The molecule has 9 nitrogen and oxygen atoms in total. The predicted molar refractivity (Wildman–Crippen MR) is 114 cm³/mol. The standard InChI is InChI=1S/C21H29N7O2/c1-4-30-20-17-5-6-26(3)19(17)24-21(25-20)23-18-13-22-28(14(18)2)16-11-15(12-16)27-7-9-29-10-8-27/h5-6,13,15-16H,4,7-12H2,1-3H3,(H,23,24,25). The van der Waals surface area contributed by atoms with Crippen LogP contribution in [0.15, 0.2) is 18.5 Å². The van der Waals surface area contributed by atoms with Gasteiger partial charge in [-0.1, -0.05) is 0 Å². The van der Waals surface area contributed by atoms with E-state index in [-0.39, 0.29) is 0 Å². The van der Waals surface area contributed by atoms with E-state index >= 15 is 0 Å². The van der Waals surface area contributed by atoms with Crippen molar-refractivity contribution in [1.29, 1.82) is 0 Å². The molecule has 3 aromatic heterocycles. The van der Waals surface area contributed by atoms with Gasteiger partial charge in [0.25, 0.3) is 0 Å². The van der Waals surface area contributed by atoms with Gasteiger partial charge in [0, 0.05) is 32.4 Å². The Balaban J connectivity index is 1.32. The number of morpholine rings is 1. The van der Waals surface area contributed by atoms with Crippen LogP contribution in [0, 0.1) is 6.92 Å². The smallest absolute Gasteiger partial charge is 0.232 e. The maximum atomic E-state index is 5.74. The number of rotatable bonds is 6. The molecule has 160 valence electrons. The number of hydrogen-bond donors (Lipinski definition) is 1. The summed E-state index contributed by atoms with van der Waals surface area (Å²) in [4.78, 5) is 11.8. The largest absolute Gasteiger partial charge is 0.477 e. The number of hydrogen-bond acceptors (Lipinski definition) is 7. The maximum Gasteiger partial charge on any atom is 0.232 e. The molecule has 1 saturated carbocycles. The lowest BCUT2D eigenvalue weighted by atomic mass is 9.85. The highest BCUT2D eigenvalue weighted by Crippen LogP contribution is 2.38. The number of anilines is 2. The van der Waals surface area contributed by atoms with Gasteiger partial charge in [-0.2, -0.15) is 15.1 Å². The Bertz CT molecular complexity index is 1030. The molecular formula is C21H29N7O2. The van der Waals surface area contributed by atoms with Gasteiger partial charge in [0.15, 0.2) is 0 Å². The minimum absolute atomic E-state index is 0.448. The molecule has 9 heteroatoms. The second-order valence-corrected chi connectivity index (χ2v) is 8.09. The number of nitrogens with zero attached hydrogens (tertiary/aromatic N) is 6. The average molecular weight is 412 g/mol. The van der Waals surface area contributed by atoms with Crippen LogP contribution >= 0.6 is 0 Å². The third kappa shape index (κ3) is 3.41. The Morgan fingerprint density at radius 2 is 2.00 bits per heavy atom. The molecule has 0 atom stereocenters. The molecule has 2 fully saturated rings. The zero-order valence-corrected chi connectivity index (χ0v) is 17.8. The van der Waals surface area contributed by atoms with Gasteiger partial charge in [-0.15, -0.1) is 0 Å². The summed E-state index contributed by atoms with van der Waals surface area (Å²) in [6, 6.07) is 3.08. The number of fused-ring (bicyclic) bond motifs is 1. The lowest BCUT2D eigenvalue weighted by Crippen LogP contribution is -2.50. The highest BCUT2D eigenvalue weighted by atomic mass is 16.5. The summed E-state index contributed by atoms with van der Waals surface area (Å²) in [6.45, 7) is 8.41. The fourth-order valence-corrected chi connectivity index (χ4v) is 4.45. The fraction of sp³-hybridized carbons (Fsp3) is 0.571. The Hall–Kier alpha value is -2.65. The fourth-order valence-electron chi connectivity index (χ4n) is 4.45. The molecule has 2 aliphatic rings. The molecular weight excluding hydrogens is 382 g/mol. The number of nitrogens with one attached hydrogen (secondary N) is 1. The van der Waals surface area contributed by atoms with Gasteiger partial charge < -0.3 is 19.4 Å². The van der Waals surface area contributed by atoms with E-state index in [1.54, 1.807) is 0 Å². The lowest BCUT2D eigenvalue weighted by molar-refractivity contribution is -0.0165. The van der Waals surface area contributed by atoms with Crippen LogP contribution in [0.4, 0.5) is 11.6 Å². The monoisotopic (exact) mass is 411 g/mol. The van der Waals surface area contributed by atoms with Crippen LogP contribution < -0.4 is 10.1 Å².